The van der Waals surface area contributed by atoms with Crippen LogP contribution in [0.2, 0.25) is 0 Å². The Bertz CT molecular complexity index is 428. The zero-order chi connectivity index (χ0) is 12.4. The predicted octanol–water partition coefficient (Wildman–Crippen LogP) is 1.80. The van der Waals surface area contributed by atoms with Crippen molar-refractivity contribution >= 4 is 12.4 Å². The van der Waals surface area contributed by atoms with Gasteiger partial charge in [0.1, 0.15) is 13.2 Å². The molecular formula is C14H21ClN2O2. The first-order chi connectivity index (χ1) is 8.81. The van der Waals surface area contributed by atoms with Gasteiger partial charge in [0.25, 0.3) is 0 Å². The highest BCUT2D eigenvalue weighted by molar-refractivity contribution is 5.85. The van der Waals surface area contributed by atoms with Crippen LogP contribution in [0.4, 0.5) is 0 Å². The highest BCUT2D eigenvalue weighted by Crippen LogP contribution is 2.31. The van der Waals surface area contributed by atoms with E-state index in [0.717, 1.165) is 37.6 Å². The van der Waals surface area contributed by atoms with Crippen molar-refractivity contribution in [3.8, 4) is 11.5 Å². The first kappa shape index (κ1) is 14.4. The molecule has 0 radical (unpaired) electrons. The summed E-state index contributed by atoms with van der Waals surface area (Å²) in [6.45, 7) is 4.37. The smallest absolute Gasteiger partial charge is 0.161 e. The minimum absolute atomic E-state index is 0. The van der Waals surface area contributed by atoms with Crippen LogP contribution < -0.4 is 15.2 Å². The van der Waals surface area contributed by atoms with Crippen molar-refractivity contribution in [3.05, 3.63) is 23.8 Å². The first-order valence-corrected chi connectivity index (χ1v) is 6.68. The van der Waals surface area contributed by atoms with Crippen molar-refractivity contribution < 1.29 is 9.47 Å². The summed E-state index contributed by atoms with van der Waals surface area (Å²) in [7, 11) is 0. The Morgan fingerprint density at radius 2 is 2.00 bits per heavy atom. The summed E-state index contributed by atoms with van der Waals surface area (Å²) in [5.74, 6) is 1.74. The molecule has 5 heteroatoms. The predicted molar refractivity (Wildman–Crippen MR) is 77.2 cm³/mol. The molecule has 0 aromatic heterocycles. The van der Waals surface area contributed by atoms with Gasteiger partial charge in [-0.15, -0.1) is 12.4 Å². The second-order valence-electron chi connectivity index (χ2n) is 5.12. The van der Waals surface area contributed by atoms with E-state index in [2.05, 4.69) is 17.0 Å². The number of hydrogen-bond acceptors (Lipinski definition) is 4. The average molecular weight is 285 g/mol. The van der Waals surface area contributed by atoms with E-state index in [1.807, 2.05) is 6.07 Å². The maximum absolute atomic E-state index is 6.00. The van der Waals surface area contributed by atoms with E-state index in [-0.39, 0.29) is 12.4 Å². The number of piperidine rings is 1. The fourth-order valence-electron chi connectivity index (χ4n) is 2.68. The summed E-state index contributed by atoms with van der Waals surface area (Å²) in [6, 6.07) is 6.55. The number of ether oxygens (including phenoxy) is 2. The van der Waals surface area contributed by atoms with E-state index in [4.69, 9.17) is 15.2 Å². The van der Waals surface area contributed by atoms with Crippen molar-refractivity contribution in [2.45, 2.75) is 25.4 Å². The van der Waals surface area contributed by atoms with Crippen molar-refractivity contribution in [2.75, 3.05) is 26.3 Å². The lowest BCUT2D eigenvalue weighted by atomic mass is 10.1. The minimum Gasteiger partial charge on any atom is -0.486 e. The Morgan fingerprint density at radius 3 is 2.79 bits per heavy atom. The molecule has 1 unspecified atom stereocenters. The summed E-state index contributed by atoms with van der Waals surface area (Å²) >= 11 is 0. The van der Waals surface area contributed by atoms with Crippen LogP contribution in [0.1, 0.15) is 18.4 Å². The van der Waals surface area contributed by atoms with Gasteiger partial charge >= 0.3 is 0 Å². The normalized spacial score (nSPS) is 22.7. The number of rotatable bonds is 2. The zero-order valence-corrected chi connectivity index (χ0v) is 11.8. The third-order valence-electron chi connectivity index (χ3n) is 3.55. The molecular weight excluding hydrogens is 264 g/mol. The van der Waals surface area contributed by atoms with E-state index in [1.54, 1.807) is 0 Å². The minimum atomic E-state index is 0. The van der Waals surface area contributed by atoms with Crippen molar-refractivity contribution in [2.24, 2.45) is 5.73 Å². The van der Waals surface area contributed by atoms with Crippen molar-refractivity contribution in [1.82, 2.24) is 4.90 Å². The Balaban J connectivity index is 0.00000133. The number of likely N-dealkylation sites (tertiary alicyclic amines) is 1. The van der Waals surface area contributed by atoms with Gasteiger partial charge in [0.05, 0.1) is 0 Å². The van der Waals surface area contributed by atoms with Gasteiger partial charge in [-0.05, 0) is 37.1 Å². The Kier molecular flexibility index (Phi) is 4.91. The molecule has 0 spiro atoms. The molecule has 0 saturated carbocycles. The van der Waals surface area contributed by atoms with Gasteiger partial charge in [-0.25, -0.2) is 0 Å². The molecule has 1 aromatic rings. The number of benzene rings is 1. The fourth-order valence-corrected chi connectivity index (χ4v) is 2.68. The Morgan fingerprint density at radius 1 is 1.21 bits per heavy atom. The molecule has 0 aliphatic carbocycles. The largest absolute Gasteiger partial charge is 0.486 e. The zero-order valence-electron chi connectivity index (χ0n) is 11.0. The van der Waals surface area contributed by atoms with E-state index in [0.29, 0.717) is 19.3 Å². The summed E-state index contributed by atoms with van der Waals surface area (Å²) in [6.07, 6.45) is 2.35. The van der Waals surface area contributed by atoms with Gasteiger partial charge in [-0.2, -0.15) is 0 Å². The van der Waals surface area contributed by atoms with Crippen LogP contribution in [0.15, 0.2) is 18.2 Å². The summed E-state index contributed by atoms with van der Waals surface area (Å²) in [5.41, 5.74) is 7.27. The van der Waals surface area contributed by atoms with Gasteiger partial charge in [0.15, 0.2) is 11.5 Å². The number of nitrogens with zero attached hydrogens (tertiary/aromatic N) is 1. The lowest BCUT2D eigenvalue weighted by molar-refractivity contribution is 0.170. The third-order valence-corrected chi connectivity index (χ3v) is 3.55. The van der Waals surface area contributed by atoms with Crippen LogP contribution in [0.5, 0.6) is 11.5 Å². The maximum atomic E-state index is 6.00. The molecule has 1 saturated heterocycles. The van der Waals surface area contributed by atoms with E-state index in [1.165, 1.54) is 12.0 Å². The van der Waals surface area contributed by atoms with Gasteiger partial charge in [-0.1, -0.05) is 6.07 Å². The Hall–Kier alpha value is -0.970. The Labute approximate surface area is 120 Å². The molecule has 2 N–H and O–H groups in total. The highest BCUT2D eigenvalue weighted by Gasteiger charge is 2.18. The van der Waals surface area contributed by atoms with Crippen molar-refractivity contribution in [3.63, 3.8) is 0 Å². The van der Waals surface area contributed by atoms with E-state index >= 15 is 0 Å². The van der Waals surface area contributed by atoms with Crippen LogP contribution in [-0.2, 0) is 6.54 Å². The SMILES string of the molecule is Cl.NC1CCCN(Cc2ccc3c(c2)OCCO3)C1. The molecule has 2 aliphatic heterocycles. The molecule has 4 nitrogen and oxygen atoms in total. The molecule has 2 heterocycles. The third kappa shape index (κ3) is 3.53. The van der Waals surface area contributed by atoms with Gasteiger partial charge in [0, 0.05) is 19.1 Å². The number of hydrogen-bond donors (Lipinski definition) is 1. The molecule has 1 fully saturated rings. The molecule has 0 amide bonds. The molecule has 19 heavy (non-hydrogen) atoms. The average Bonchev–Trinajstić information content (AvgIpc) is 2.39. The van der Waals surface area contributed by atoms with Crippen LogP contribution in [0.3, 0.4) is 0 Å². The van der Waals surface area contributed by atoms with Gasteiger partial charge in [0.2, 0.25) is 0 Å². The van der Waals surface area contributed by atoms with Crippen LogP contribution in [-0.4, -0.2) is 37.2 Å². The molecule has 0 bridgehead atoms. The van der Waals surface area contributed by atoms with Crippen LogP contribution in [0.25, 0.3) is 0 Å². The van der Waals surface area contributed by atoms with Gasteiger partial charge in [-0.3, -0.25) is 4.90 Å². The summed E-state index contributed by atoms with van der Waals surface area (Å²) < 4.78 is 11.1. The fraction of sp³-hybridized carbons (Fsp3) is 0.571. The van der Waals surface area contributed by atoms with E-state index < -0.39 is 0 Å². The number of fused-ring (bicyclic) bond motifs is 1. The lowest BCUT2D eigenvalue weighted by Gasteiger charge is -2.31. The number of nitrogens with two attached hydrogens (primary N) is 1. The first-order valence-electron chi connectivity index (χ1n) is 6.68. The second-order valence-corrected chi connectivity index (χ2v) is 5.12. The lowest BCUT2D eigenvalue weighted by Crippen LogP contribution is -2.42. The summed E-state index contributed by atoms with van der Waals surface area (Å²) in [5, 5.41) is 0. The van der Waals surface area contributed by atoms with Gasteiger partial charge < -0.3 is 15.2 Å². The molecule has 106 valence electrons. The standard InChI is InChI=1S/C14H20N2O2.ClH/c15-12-2-1-5-16(10-12)9-11-3-4-13-14(8-11)18-7-6-17-13;/h3-4,8,12H,1-2,5-7,9-10,15H2;1H. The van der Waals surface area contributed by atoms with Crippen LogP contribution >= 0.6 is 12.4 Å². The summed E-state index contributed by atoms with van der Waals surface area (Å²) in [4.78, 5) is 2.42. The molecule has 3 rings (SSSR count). The second kappa shape index (κ2) is 6.46. The molecule has 2 aliphatic rings. The molecule has 1 atom stereocenters. The van der Waals surface area contributed by atoms with E-state index in [9.17, 15) is 0 Å². The quantitative estimate of drug-likeness (QED) is 0.900. The highest BCUT2D eigenvalue weighted by atomic mass is 35.5. The monoisotopic (exact) mass is 284 g/mol. The topological polar surface area (TPSA) is 47.7 Å². The molecule has 1 aromatic carbocycles. The number of halogens is 1. The van der Waals surface area contributed by atoms with Crippen LogP contribution in [0, 0.1) is 0 Å². The maximum Gasteiger partial charge on any atom is 0.161 e. The van der Waals surface area contributed by atoms with Crippen molar-refractivity contribution in [1.29, 1.82) is 0 Å².